The summed E-state index contributed by atoms with van der Waals surface area (Å²) in [5.74, 6) is 0.545. The topological polar surface area (TPSA) is 18.5 Å². The lowest BCUT2D eigenvalue weighted by Gasteiger charge is -2.29. The molecule has 0 aromatic heterocycles. The van der Waals surface area contributed by atoms with Crippen LogP contribution in [0.4, 0.5) is 0 Å². The predicted octanol–water partition coefficient (Wildman–Crippen LogP) is 14.3. The second-order valence-corrected chi connectivity index (χ2v) is 14.3. The van der Waals surface area contributed by atoms with Crippen molar-refractivity contribution in [3.8, 4) is 0 Å². The zero-order valence-electron chi connectivity index (χ0n) is 30.5. The van der Waals surface area contributed by atoms with Gasteiger partial charge in [0.15, 0.2) is 5.79 Å². The van der Waals surface area contributed by atoms with Gasteiger partial charge in [0.25, 0.3) is 0 Å². The molecule has 0 bridgehead atoms. The maximum atomic E-state index is 6.88. The molecule has 1 aliphatic heterocycles. The van der Waals surface area contributed by atoms with E-state index >= 15 is 0 Å². The van der Waals surface area contributed by atoms with Crippen molar-refractivity contribution >= 4 is 0 Å². The van der Waals surface area contributed by atoms with Crippen LogP contribution < -0.4 is 0 Å². The average molecular weight is 625 g/mol. The summed E-state index contributed by atoms with van der Waals surface area (Å²) in [7, 11) is 0. The van der Waals surface area contributed by atoms with Gasteiger partial charge in [-0.25, -0.2) is 0 Å². The molecule has 2 aliphatic rings. The molecule has 0 unspecified atom stereocenters. The second-order valence-electron chi connectivity index (χ2n) is 14.3. The fourth-order valence-corrected chi connectivity index (χ4v) is 7.14. The fourth-order valence-electron chi connectivity index (χ4n) is 7.14. The molecule has 1 aliphatic carbocycles. The predicted molar refractivity (Wildman–Crippen MR) is 199 cm³/mol. The van der Waals surface area contributed by atoms with Crippen LogP contribution in [0.3, 0.4) is 0 Å². The van der Waals surface area contributed by atoms with Crippen molar-refractivity contribution in [3.63, 3.8) is 0 Å². The highest BCUT2D eigenvalue weighted by Crippen LogP contribution is 2.44. The van der Waals surface area contributed by atoms with Crippen LogP contribution in [0.2, 0.25) is 0 Å². The standard InChI is InChI=1S/C43H76O2/c1-4-7-9-11-13-15-17-19-21-23-25-27-29-31-33-37-43(44-41-36-35-40(6-3)39-42(41)45-43)38-34-32-30-28-26-24-22-20-18-16-14-12-10-8-5-2/h11-14,17-20,40-42H,4-10,15-16,21-39H2,1-3H3/b13-11-,14-12-,19-17-,20-18-/t40-,41-,42+/m1/s1. The number of unbranched alkanes of at least 4 members (excludes halogenated alkanes) is 16. The Balaban J connectivity index is 1.58. The highest BCUT2D eigenvalue weighted by atomic mass is 16.8. The van der Waals surface area contributed by atoms with Gasteiger partial charge in [-0.05, 0) is 89.4 Å². The van der Waals surface area contributed by atoms with Crippen LogP contribution in [0.25, 0.3) is 0 Å². The van der Waals surface area contributed by atoms with E-state index in [4.69, 9.17) is 9.47 Å². The molecule has 2 nitrogen and oxygen atoms in total. The molecule has 0 amide bonds. The van der Waals surface area contributed by atoms with Crippen molar-refractivity contribution in [2.45, 2.75) is 219 Å². The van der Waals surface area contributed by atoms with E-state index in [1.54, 1.807) is 0 Å². The summed E-state index contributed by atoms with van der Waals surface area (Å²) < 4.78 is 13.7. The molecule has 0 spiro atoms. The Morgan fingerprint density at radius 1 is 0.467 bits per heavy atom. The lowest BCUT2D eigenvalue weighted by Crippen LogP contribution is -2.31. The van der Waals surface area contributed by atoms with Crippen LogP contribution in [0, 0.1) is 5.92 Å². The minimum absolute atomic E-state index is 0.288. The first kappa shape index (κ1) is 40.1. The second kappa shape index (κ2) is 27.9. The Morgan fingerprint density at radius 3 is 1.36 bits per heavy atom. The van der Waals surface area contributed by atoms with Crippen molar-refractivity contribution in [1.29, 1.82) is 0 Å². The van der Waals surface area contributed by atoms with Crippen molar-refractivity contribution in [1.82, 2.24) is 0 Å². The first-order valence-electron chi connectivity index (χ1n) is 20.2. The Hall–Kier alpha value is -1.12. The molecule has 0 aromatic carbocycles. The molecule has 2 fully saturated rings. The maximum absolute atomic E-state index is 6.88. The van der Waals surface area contributed by atoms with Crippen LogP contribution in [0.15, 0.2) is 48.6 Å². The zero-order valence-corrected chi connectivity index (χ0v) is 30.5. The molecule has 0 N–H and O–H groups in total. The highest BCUT2D eigenvalue weighted by Gasteiger charge is 2.48. The zero-order chi connectivity index (χ0) is 32.1. The summed E-state index contributed by atoms with van der Waals surface area (Å²) in [4.78, 5) is 0. The van der Waals surface area contributed by atoms with Crippen molar-refractivity contribution in [3.05, 3.63) is 48.6 Å². The van der Waals surface area contributed by atoms with Crippen LogP contribution in [-0.4, -0.2) is 18.0 Å². The fraction of sp³-hybridized carbons (Fsp3) is 0.814. The molecule has 2 heteroatoms. The van der Waals surface area contributed by atoms with Gasteiger partial charge in [-0.1, -0.05) is 153 Å². The Bertz CT molecular complexity index is 731. The minimum Gasteiger partial charge on any atom is -0.344 e. The van der Waals surface area contributed by atoms with Crippen molar-refractivity contribution in [2.75, 3.05) is 0 Å². The summed E-state index contributed by atoms with van der Waals surface area (Å²) in [6.45, 7) is 6.87. The Kier molecular flexibility index (Phi) is 24.9. The van der Waals surface area contributed by atoms with Gasteiger partial charge in [-0.15, -0.1) is 0 Å². The van der Waals surface area contributed by atoms with Crippen molar-refractivity contribution < 1.29 is 9.47 Å². The molecule has 0 aromatic rings. The largest absolute Gasteiger partial charge is 0.344 e. The van der Waals surface area contributed by atoms with E-state index in [0.29, 0.717) is 12.2 Å². The third-order valence-corrected chi connectivity index (χ3v) is 10.2. The average Bonchev–Trinajstić information content (AvgIpc) is 3.42. The summed E-state index contributed by atoms with van der Waals surface area (Å²) in [5.41, 5.74) is 0. The monoisotopic (exact) mass is 625 g/mol. The number of rotatable bonds is 29. The smallest absolute Gasteiger partial charge is 0.169 e. The van der Waals surface area contributed by atoms with Gasteiger partial charge in [0.05, 0.1) is 12.2 Å². The van der Waals surface area contributed by atoms with E-state index in [-0.39, 0.29) is 5.79 Å². The van der Waals surface area contributed by atoms with Crippen LogP contribution >= 0.6 is 0 Å². The normalized spacial score (nSPS) is 21.7. The highest BCUT2D eigenvalue weighted by molar-refractivity contribution is 4.94. The van der Waals surface area contributed by atoms with E-state index < -0.39 is 0 Å². The molecular weight excluding hydrogens is 548 g/mol. The number of fused-ring (bicyclic) bond motifs is 1. The summed E-state index contributed by atoms with van der Waals surface area (Å²) in [6.07, 6.45) is 55.1. The van der Waals surface area contributed by atoms with Crippen molar-refractivity contribution in [2.24, 2.45) is 5.92 Å². The molecule has 1 saturated carbocycles. The third kappa shape index (κ3) is 20.0. The molecule has 45 heavy (non-hydrogen) atoms. The summed E-state index contributed by atoms with van der Waals surface area (Å²) in [5, 5.41) is 0. The Labute approximate surface area is 282 Å². The van der Waals surface area contributed by atoms with Gasteiger partial charge < -0.3 is 9.47 Å². The maximum Gasteiger partial charge on any atom is 0.169 e. The quantitative estimate of drug-likeness (QED) is 0.0609. The lowest BCUT2D eigenvalue weighted by atomic mass is 9.84. The summed E-state index contributed by atoms with van der Waals surface area (Å²) >= 11 is 0. The number of allylic oxidation sites excluding steroid dienone is 8. The minimum atomic E-state index is -0.288. The molecule has 2 rings (SSSR count). The molecule has 1 saturated heterocycles. The Morgan fingerprint density at radius 2 is 0.889 bits per heavy atom. The molecule has 260 valence electrons. The molecule has 0 radical (unpaired) electrons. The number of hydrogen-bond acceptors (Lipinski definition) is 2. The van der Waals surface area contributed by atoms with E-state index in [1.807, 2.05) is 0 Å². The van der Waals surface area contributed by atoms with E-state index in [1.165, 1.54) is 154 Å². The number of hydrogen-bond donors (Lipinski definition) is 0. The first-order chi connectivity index (χ1) is 22.2. The van der Waals surface area contributed by atoms with E-state index in [9.17, 15) is 0 Å². The van der Waals surface area contributed by atoms with Crippen LogP contribution in [0.5, 0.6) is 0 Å². The van der Waals surface area contributed by atoms with Gasteiger partial charge in [0.2, 0.25) is 0 Å². The lowest BCUT2D eigenvalue weighted by molar-refractivity contribution is -0.186. The van der Waals surface area contributed by atoms with Gasteiger partial charge in [0.1, 0.15) is 0 Å². The SMILES string of the molecule is CCCC/C=C\C/C=C\CCCCCCCCC1(CCCCCCCC/C=C\C/C=C\CCCC)O[C@H]2C[C@H](CC)CC[C@H]2O1. The first-order valence-corrected chi connectivity index (χ1v) is 20.2. The van der Waals surface area contributed by atoms with Gasteiger partial charge in [-0.3, -0.25) is 0 Å². The molecular formula is C43H76O2. The van der Waals surface area contributed by atoms with E-state index in [2.05, 4.69) is 69.4 Å². The number of ether oxygens (including phenoxy) is 2. The van der Waals surface area contributed by atoms with Gasteiger partial charge in [0, 0.05) is 12.8 Å². The van der Waals surface area contributed by atoms with E-state index in [0.717, 1.165) is 31.6 Å². The third-order valence-electron chi connectivity index (χ3n) is 10.2. The summed E-state index contributed by atoms with van der Waals surface area (Å²) in [6, 6.07) is 0. The van der Waals surface area contributed by atoms with Crippen LogP contribution in [0.1, 0.15) is 201 Å². The van der Waals surface area contributed by atoms with Gasteiger partial charge >= 0.3 is 0 Å². The van der Waals surface area contributed by atoms with Gasteiger partial charge in [-0.2, -0.15) is 0 Å². The molecule has 1 heterocycles. The molecule has 3 atom stereocenters. The van der Waals surface area contributed by atoms with Crippen LogP contribution in [-0.2, 0) is 9.47 Å².